The number of anilines is 1. The summed E-state index contributed by atoms with van der Waals surface area (Å²) in [6, 6.07) is 13.2. The van der Waals surface area contributed by atoms with Crippen LogP contribution in [0.1, 0.15) is 22.5 Å². The average Bonchev–Trinajstić information content (AvgIpc) is 2.98. The second-order valence-corrected chi connectivity index (χ2v) is 6.11. The van der Waals surface area contributed by atoms with E-state index in [1.807, 2.05) is 38.1 Å². The number of benzene rings is 1. The highest BCUT2D eigenvalue weighted by molar-refractivity contribution is 5.91. The molecule has 0 fully saturated rings. The average molecular weight is 336 g/mol. The van der Waals surface area contributed by atoms with Crippen molar-refractivity contribution < 1.29 is 4.79 Å². The topological polar surface area (TPSA) is 79.8 Å². The molecule has 0 aliphatic heterocycles. The lowest BCUT2D eigenvalue weighted by atomic mass is 10.1. The van der Waals surface area contributed by atoms with Crippen LogP contribution in [0.5, 0.6) is 0 Å². The predicted molar refractivity (Wildman–Crippen MR) is 96.6 cm³/mol. The summed E-state index contributed by atoms with van der Waals surface area (Å²) in [5.41, 5.74) is 3.78. The molecule has 1 amide bonds. The van der Waals surface area contributed by atoms with E-state index in [-0.39, 0.29) is 23.6 Å². The van der Waals surface area contributed by atoms with Crippen molar-refractivity contribution in [2.24, 2.45) is 0 Å². The molecule has 2 heterocycles. The Morgan fingerprint density at radius 3 is 2.64 bits per heavy atom. The number of aryl methyl sites for hydroxylation is 2. The zero-order valence-electron chi connectivity index (χ0n) is 14.2. The minimum Gasteiger partial charge on any atom is -0.321 e. The molecule has 0 aliphatic carbocycles. The number of H-pyrrole nitrogens is 1. The summed E-state index contributed by atoms with van der Waals surface area (Å²) >= 11 is 0. The molecular formula is C19H20N4O2. The third kappa shape index (κ3) is 4.23. The molecule has 1 aromatic carbocycles. The van der Waals surface area contributed by atoms with Crippen LogP contribution >= 0.6 is 0 Å². The molecule has 0 bridgehead atoms. The molecule has 2 N–H and O–H groups in total. The van der Waals surface area contributed by atoms with Crippen LogP contribution in [0.15, 0.2) is 53.5 Å². The van der Waals surface area contributed by atoms with Crippen LogP contribution in [0.4, 0.5) is 5.69 Å². The van der Waals surface area contributed by atoms with Crippen LogP contribution in [-0.2, 0) is 17.8 Å². The van der Waals surface area contributed by atoms with Crippen molar-refractivity contribution >= 4 is 11.6 Å². The second kappa shape index (κ2) is 7.17. The van der Waals surface area contributed by atoms with Gasteiger partial charge in [0.05, 0.1) is 18.7 Å². The Morgan fingerprint density at radius 2 is 1.96 bits per heavy atom. The molecule has 128 valence electrons. The summed E-state index contributed by atoms with van der Waals surface area (Å²) < 4.78 is 1.58. The highest BCUT2D eigenvalue weighted by Crippen LogP contribution is 2.07. The molecular weight excluding hydrogens is 316 g/mol. The van der Waals surface area contributed by atoms with Gasteiger partial charge in [0, 0.05) is 11.9 Å². The van der Waals surface area contributed by atoms with E-state index in [9.17, 15) is 9.59 Å². The quantitative estimate of drug-likeness (QED) is 0.751. The van der Waals surface area contributed by atoms with Crippen LogP contribution in [0.25, 0.3) is 0 Å². The third-order valence-electron chi connectivity index (χ3n) is 3.87. The molecule has 0 unspecified atom stereocenters. The van der Waals surface area contributed by atoms with Gasteiger partial charge in [0.15, 0.2) is 0 Å². The number of carbonyl (C=O) groups excluding carboxylic acids is 1. The molecule has 3 rings (SSSR count). The lowest BCUT2D eigenvalue weighted by Gasteiger charge is -2.09. The monoisotopic (exact) mass is 336 g/mol. The van der Waals surface area contributed by atoms with E-state index in [0.717, 1.165) is 11.3 Å². The highest BCUT2D eigenvalue weighted by atomic mass is 16.2. The fourth-order valence-corrected chi connectivity index (χ4v) is 2.57. The van der Waals surface area contributed by atoms with Crippen molar-refractivity contribution in [3.05, 3.63) is 81.5 Å². The Morgan fingerprint density at radius 1 is 1.20 bits per heavy atom. The summed E-state index contributed by atoms with van der Waals surface area (Å²) in [6.07, 6.45) is 1.84. The van der Waals surface area contributed by atoms with E-state index >= 15 is 0 Å². The minimum atomic E-state index is -0.267. The van der Waals surface area contributed by atoms with E-state index in [1.165, 1.54) is 5.56 Å². The number of aromatic nitrogens is 3. The number of carbonyl (C=O) groups is 1. The van der Waals surface area contributed by atoms with Crippen molar-refractivity contribution in [3.8, 4) is 0 Å². The van der Waals surface area contributed by atoms with Gasteiger partial charge in [-0.15, -0.1) is 0 Å². The number of nitrogens with zero attached hydrogens (tertiary/aromatic N) is 2. The third-order valence-corrected chi connectivity index (χ3v) is 3.87. The summed E-state index contributed by atoms with van der Waals surface area (Å²) in [5, 5.41) is 9.50. The molecule has 0 aliphatic rings. The number of pyridine rings is 1. The van der Waals surface area contributed by atoms with E-state index in [4.69, 9.17) is 0 Å². The van der Waals surface area contributed by atoms with Gasteiger partial charge in [-0.05, 0) is 37.6 Å². The van der Waals surface area contributed by atoms with Crippen LogP contribution < -0.4 is 10.9 Å². The Balaban J connectivity index is 1.73. The zero-order valence-corrected chi connectivity index (χ0v) is 14.2. The largest absolute Gasteiger partial charge is 0.321 e. The summed E-state index contributed by atoms with van der Waals surface area (Å²) in [7, 11) is 0. The van der Waals surface area contributed by atoms with E-state index in [1.54, 1.807) is 29.0 Å². The van der Waals surface area contributed by atoms with Crippen molar-refractivity contribution in [2.45, 2.75) is 26.8 Å². The number of hydrogen-bond acceptors (Lipinski definition) is 3. The molecule has 6 nitrogen and oxygen atoms in total. The summed E-state index contributed by atoms with van der Waals surface area (Å²) in [6.45, 7) is 4.35. The number of aromatic amines is 1. The number of rotatable bonds is 5. The zero-order chi connectivity index (χ0) is 17.8. The first-order chi connectivity index (χ1) is 12.0. The minimum absolute atomic E-state index is 0.122. The van der Waals surface area contributed by atoms with Gasteiger partial charge in [-0.25, -0.2) is 0 Å². The predicted octanol–water partition coefficient (Wildman–Crippen LogP) is 2.42. The van der Waals surface area contributed by atoms with Gasteiger partial charge in [-0.2, -0.15) is 5.10 Å². The SMILES string of the molecule is Cc1ccc(Cn2cccc(NC(=O)Cc3cc(C)[nH]n3)c2=O)cc1. The van der Waals surface area contributed by atoms with Gasteiger partial charge in [-0.3, -0.25) is 14.7 Å². The Hall–Kier alpha value is -3.15. The Kier molecular flexibility index (Phi) is 4.79. The van der Waals surface area contributed by atoms with E-state index in [0.29, 0.717) is 12.2 Å². The standard InChI is InChI=1S/C19H20N4O2/c1-13-5-7-15(8-6-13)12-23-9-3-4-17(19(23)25)20-18(24)11-16-10-14(2)21-22-16/h3-10H,11-12H2,1-2H3,(H,20,24)(H,21,22). The van der Waals surface area contributed by atoms with E-state index < -0.39 is 0 Å². The molecule has 0 saturated heterocycles. The molecule has 25 heavy (non-hydrogen) atoms. The Bertz CT molecular complexity index is 939. The van der Waals surface area contributed by atoms with Crippen LogP contribution in [0.3, 0.4) is 0 Å². The van der Waals surface area contributed by atoms with Gasteiger partial charge < -0.3 is 9.88 Å². The van der Waals surface area contributed by atoms with Crippen molar-refractivity contribution in [1.82, 2.24) is 14.8 Å². The first-order valence-electron chi connectivity index (χ1n) is 8.07. The molecule has 0 spiro atoms. The highest BCUT2D eigenvalue weighted by Gasteiger charge is 2.10. The van der Waals surface area contributed by atoms with Crippen molar-refractivity contribution in [2.75, 3.05) is 5.32 Å². The maximum atomic E-state index is 12.6. The van der Waals surface area contributed by atoms with Crippen molar-refractivity contribution in [3.63, 3.8) is 0 Å². The summed E-state index contributed by atoms with van der Waals surface area (Å²) in [5.74, 6) is -0.267. The smallest absolute Gasteiger partial charge is 0.274 e. The Labute approximate surface area is 145 Å². The molecule has 3 aromatic rings. The molecule has 6 heteroatoms. The maximum Gasteiger partial charge on any atom is 0.274 e. The van der Waals surface area contributed by atoms with Gasteiger partial charge in [0.1, 0.15) is 5.69 Å². The van der Waals surface area contributed by atoms with E-state index in [2.05, 4.69) is 15.5 Å². The lowest BCUT2D eigenvalue weighted by molar-refractivity contribution is -0.115. The van der Waals surface area contributed by atoms with Gasteiger partial charge >= 0.3 is 0 Å². The summed E-state index contributed by atoms with van der Waals surface area (Å²) in [4.78, 5) is 24.7. The number of hydrogen-bond donors (Lipinski definition) is 2. The van der Waals surface area contributed by atoms with Crippen LogP contribution in [-0.4, -0.2) is 20.7 Å². The second-order valence-electron chi connectivity index (χ2n) is 6.11. The first kappa shape index (κ1) is 16.7. The lowest BCUT2D eigenvalue weighted by Crippen LogP contribution is -2.26. The fraction of sp³-hybridized carbons (Fsp3) is 0.211. The molecule has 0 atom stereocenters. The maximum absolute atomic E-state index is 12.6. The molecule has 2 aromatic heterocycles. The normalized spacial score (nSPS) is 10.6. The van der Waals surface area contributed by atoms with Gasteiger partial charge in [0.2, 0.25) is 5.91 Å². The van der Waals surface area contributed by atoms with Crippen LogP contribution in [0.2, 0.25) is 0 Å². The van der Waals surface area contributed by atoms with Gasteiger partial charge in [0.25, 0.3) is 5.56 Å². The fourth-order valence-electron chi connectivity index (χ4n) is 2.57. The first-order valence-corrected chi connectivity index (χ1v) is 8.07. The van der Waals surface area contributed by atoms with Crippen molar-refractivity contribution in [1.29, 1.82) is 0 Å². The number of nitrogens with one attached hydrogen (secondary N) is 2. The van der Waals surface area contributed by atoms with Gasteiger partial charge in [-0.1, -0.05) is 29.8 Å². The molecule has 0 saturated carbocycles. The number of amides is 1. The van der Waals surface area contributed by atoms with Crippen LogP contribution in [0, 0.1) is 13.8 Å². The molecule has 0 radical (unpaired) electrons.